The molecule has 4 nitrogen and oxygen atoms in total. The first-order valence-electron chi connectivity index (χ1n) is 6.75. The third kappa shape index (κ3) is 3.81. The van der Waals surface area contributed by atoms with E-state index >= 15 is 0 Å². The minimum Gasteiger partial charge on any atom is -0.351 e. The first-order chi connectivity index (χ1) is 8.83. The zero-order chi connectivity index (χ0) is 12.8. The molecule has 1 heterocycles. The summed E-state index contributed by atoms with van der Waals surface area (Å²) >= 11 is 0. The van der Waals surface area contributed by atoms with Crippen molar-refractivity contribution >= 4 is 5.82 Å². The zero-order valence-corrected chi connectivity index (χ0v) is 11.1. The lowest BCUT2D eigenvalue weighted by molar-refractivity contribution is 0.663. The van der Waals surface area contributed by atoms with Crippen LogP contribution in [0.4, 0.5) is 5.82 Å². The molecule has 1 aromatic rings. The van der Waals surface area contributed by atoms with E-state index in [9.17, 15) is 0 Å². The molecule has 18 heavy (non-hydrogen) atoms. The third-order valence-corrected chi connectivity index (χ3v) is 3.02. The Morgan fingerprint density at radius 2 is 2.28 bits per heavy atom. The fourth-order valence-corrected chi connectivity index (χ4v) is 1.88. The van der Waals surface area contributed by atoms with Crippen molar-refractivity contribution in [3.63, 3.8) is 0 Å². The van der Waals surface area contributed by atoms with Crippen molar-refractivity contribution in [2.45, 2.75) is 38.8 Å². The number of anilines is 1. The molecule has 1 N–H and O–H groups in total. The van der Waals surface area contributed by atoms with Crippen LogP contribution in [0.5, 0.6) is 0 Å². The van der Waals surface area contributed by atoms with Gasteiger partial charge in [-0.05, 0) is 31.4 Å². The van der Waals surface area contributed by atoms with Gasteiger partial charge in [-0.2, -0.15) is 5.10 Å². The van der Waals surface area contributed by atoms with Crippen molar-refractivity contribution in [2.75, 3.05) is 18.0 Å². The van der Waals surface area contributed by atoms with Crippen LogP contribution in [0.15, 0.2) is 24.8 Å². The Morgan fingerprint density at radius 1 is 1.44 bits per heavy atom. The number of rotatable bonds is 8. The van der Waals surface area contributed by atoms with Crippen LogP contribution in [0.25, 0.3) is 0 Å². The highest BCUT2D eigenvalue weighted by atomic mass is 15.3. The molecule has 4 heteroatoms. The van der Waals surface area contributed by atoms with Gasteiger partial charge in [0.1, 0.15) is 0 Å². The largest absolute Gasteiger partial charge is 0.351 e. The third-order valence-electron chi connectivity index (χ3n) is 3.02. The molecule has 0 unspecified atom stereocenters. The maximum Gasteiger partial charge on any atom is 0.151 e. The van der Waals surface area contributed by atoms with E-state index in [4.69, 9.17) is 0 Å². The normalized spacial score (nSPS) is 14.5. The van der Waals surface area contributed by atoms with Crippen molar-refractivity contribution in [1.29, 1.82) is 0 Å². The highest BCUT2D eigenvalue weighted by molar-refractivity contribution is 5.38. The van der Waals surface area contributed by atoms with Crippen LogP contribution in [-0.4, -0.2) is 29.3 Å². The van der Waals surface area contributed by atoms with Crippen molar-refractivity contribution in [1.82, 2.24) is 15.5 Å². The summed E-state index contributed by atoms with van der Waals surface area (Å²) in [5, 5.41) is 12.0. The zero-order valence-electron chi connectivity index (χ0n) is 11.1. The molecule has 1 fully saturated rings. The average Bonchev–Trinajstić information content (AvgIpc) is 3.21. The molecule has 0 radical (unpaired) electrons. The summed E-state index contributed by atoms with van der Waals surface area (Å²) in [6.07, 6.45) is 5.60. The Balaban J connectivity index is 1.92. The van der Waals surface area contributed by atoms with Crippen molar-refractivity contribution in [3.05, 3.63) is 30.5 Å². The average molecular weight is 246 g/mol. The second-order valence-electron chi connectivity index (χ2n) is 4.77. The smallest absolute Gasteiger partial charge is 0.151 e. The minimum atomic E-state index is 0.712. The van der Waals surface area contributed by atoms with Gasteiger partial charge in [0.15, 0.2) is 5.82 Å². The molecular formula is C14H22N4. The van der Waals surface area contributed by atoms with E-state index < -0.39 is 0 Å². The molecule has 1 aromatic heterocycles. The molecule has 0 amide bonds. The fourth-order valence-electron chi connectivity index (χ4n) is 1.88. The molecule has 0 aromatic carbocycles. The highest BCUT2D eigenvalue weighted by Crippen LogP contribution is 2.19. The second kappa shape index (κ2) is 6.50. The molecule has 2 rings (SSSR count). The molecule has 1 saturated carbocycles. The Hall–Kier alpha value is -1.42. The summed E-state index contributed by atoms with van der Waals surface area (Å²) in [5.74, 6) is 0.937. The Bertz CT molecular complexity index is 370. The molecule has 0 saturated heterocycles. The van der Waals surface area contributed by atoms with Gasteiger partial charge in [0.25, 0.3) is 0 Å². The number of nitrogens with zero attached hydrogens (tertiary/aromatic N) is 3. The second-order valence-corrected chi connectivity index (χ2v) is 4.77. The molecule has 98 valence electrons. The summed E-state index contributed by atoms with van der Waals surface area (Å²) in [7, 11) is 0. The lowest BCUT2D eigenvalue weighted by atomic mass is 10.3. The Kier molecular flexibility index (Phi) is 4.70. The number of nitrogens with one attached hydrogen (secondary N) is 1. The number of hydrogen-bond acceptors (Lipinski definition) is 4. The SMILES string of the molecule is C=CCN(CCC)c1ccc(CNC2CC2)nn1. The highest BCUT2D eigenvalue weighted by Gasteiger charge is 2.20. The number of hydrogen-bond donors (Lipinski definition) is 1. The number of aromatic nitrogens is 2. The first-order valence-corrected chi connectivity index (χ1v) is 6.75. The van der Waals surface area contributed by atoms with E-state index in [1.165, 1.54) is 12.8 Å². The summed E-state index contributed by atoms with van der Waals surface area (Å²) in [6.45, 7) is 8.58. The van der Waals surface area contributed by atoms with Gasteiger partial charge < -0.3 is 10.2 Å². The molecule has 0 atom stereocenters. The van der Waals surface area contributed by atoms with Crippen molar-refractivity contribution in [2.24, 2.45) is 0 Å². The Morgan fingerprint density at radius 3 is 2.83 bits per heavy atom. The minimum absolute atomic E-state index is 0.712. The van der Waals surface area contributed by atoms with Crippen LogP contribution in [0, 0.1) is 0 Å². The van der Waals surface area contributed by atoms with Crippen LogP contribution >= 0.6 is 0 Å². The van der Waals surface area contributed by atoms with E-state index in [0.29, 0.717) is 6.04 Å². The monoisotopic (exact) mass is 246 g/mol. The Labute approximate surface area is 109 Å². The van der Waals surface area contributed by atoms with Crippen molar-refractivity contribution < 1.29 is 0 Å². The summed E-state index contributed by atoms with van der Waals surface area (Å²) in [6, 6.07) is 4.82. The van der Waals surface area contributed by atoms with Crippen LogP contribution in [-0.2, 0) is 6.54 Å². The topological polar surface area (TPSA) is 41.0 Å². The first kappa shape index (κ1) is 13.0. The van der Waals surface area contributed by atoms with Crippen LogP contribution in [0.2, 0.25) is 0 Å². The molecule has 0 spiro atoms. The fraction of sp³-hybridized carbons (Fsp3) is 0.571. The van der Waals surface area contributed by atoms with Gasteiger partial charge in [-0.15, -0.1) is 11.7 Å². The molecule has 1 aliphatic carbocycles. The maximum absolute atomic E-state index is 4.30. The maximum atomic E-state index is 4.30. The lowest BCUT2D eigenvalue weighted by Gasteiger charge is -2.20. The van der Waals surface area contributed by atoms with Gasteiger partial charge in [-0.1, -0.05) is 13.0 Å². The van der Waals surface area contributed by atoms with Gasteiger partial charge >= 0.3 is 0 Å². The standard InChI is InChI=1S/C14H22N4/c1-3-9-18(10-4-2)14-8-7-13(16-17-14)11-15-12-5-6-12/h3,7-8,12,15H,1,4-6,9-11H2,2H3. The molecule has 0 aliphatic heterocycles. The van der Waals surface area contributed by atoms with E-state index in [2.05, 4.69) is 46.0 Å². The van der Waals surface area contributed by atoms with Crippen LogP contribution in [0.3, 0.4) is 0 Å². The van der Waals surface area contributed by atoms with Crippen LogP contribution < -0.4 is 10.2 Å². The summed E-state index contributed by atoms with van der Waals surface area (Å²) in [5.41, 5.74) is 1.01. The van der Waals surface area contributed by atoms with E-state index in [-0.39, 0.29) is 0 Å². The van der Waals surface area contributed by atoms with Gasteiger partial charge in [0.05, 0.1) is 5.69 Å². The van der Waals surface area contributed by atoms with E-state index in [1.54, 1.807) is 0 Å². The predicted molar refractivity (Wildman–Crippen MR) is 74.6 cm³/mol. The van der Waals surface area contributed by atoms with Gasteiger partial charge in [0, 0.05) is 25.7 Å². The predicted octanol–water partition coefficient (Wildman–Crippen LogP) is 2.13. The van der Waals surface area contributed by atoms with Gasteiger partial charge in [-0.25, -0.2) is 0 Å². The molecule has 0 bridgehead atoms. The molecule has 1 aliphatic rings. The summed E-state index contributed by atoms with van der Waals surface area (Å²) in [4.78, 5) is 2.19. The van der Waals surface area contributed by atoms with Gasteiger partial charge in [-0.3, -0.25) is 0 Å². The van der Waals surface area contributed by atoms with E-state index in [1.807, 2.05) is 6.08 Å². The summed E-state index contributed by atoms with van der Waals surface area (Å²) < 4.78 is 0. The lowest BCUT2D eigenvalue weighted by Crippen LogP contribution is -2.25. The quantitative estimate of drug-likeness (QED) is 0.713. The van der Waals surface area contributed by atoms with Crippen LogP contribution in [0.1, 0.15) is 31.9 Å². The van der Waals surface area contributed by atoms with Gasteiger partial charge in [0.2, 0.25) is 0 Å². The van der Waals surface area contributed by atoms with E-state index in [0.717, 1.165) is 37.6 Å². The molecular weight excluding hydrogens is 224 g/mol. The van der Waals surface area contributed by atoms with Crippen molar-refractivity contribution in [3.8, 4) is 0 Å².